The van der Waals surface area contributed by atoms with Crippen molar-refractivity contribution in [1.82, 2.24) is 9.80 Å². The van der Waals surface area contributed by atoms with Gasteiger partial charge in [-0.25, -0.2) is 0 Å². The van der Waals surface area contributed by atoms with Crippen molar-refractivity contribution in [3.05, 3.63) is 35.4 Å². The highest BCUT2D eigenvalue weighted by Gasteiger charge is 2.60. The Kier molecular flexibility index (Phi) is 3.48. The second kappa shape index (κ2) is 5.38. The molecule has 3 nitrogen and oxygen atoms in total. The first kappa shape index (κ1) is 14.3. The molecule has 0 bridgehead atoms. The van der Waals surface area contributed by atoms with E-state index in [9.17, 15) is 4.79 Å². The van der Waals surface area contributed by atoms with Crippen molar-refractivity contribution < 1.29 is 4.79 Å². The van der Waals surface area contributed by atoms with Gasteiger partial charge in [-0.2, -0.15) is 0 Å². The lowest BCUT2D eigenvalue weighted by molar-refractivity contribution is -0.134. The number of hydrogen-bond acceptors (Lipinski definition) is 2. The van der Waals surface area contributed by atoms with Crippen LogP contribution in [0, 0.1) is 5.92 Å². The fourth-order valence-electron chi connectivity index (χ4n) is 4.66. The molecule has 1 aromatic carbocycles. The topological polar surface area (TPSA) is 23.6 Å². The van der Waals surface area contributed by atoms with E-state index >= 15 is 0 Å². The Morgan fingerprint density at radius 1 is 1.23 bits per heavy atom. The van der Waals surface area contributed by atoms with E-state index in [1.807, 2.05) is 0 Å². The maximum Gasteiger partial charge on any atom is 0.226 e. The van der Waals surface area contributed by atoms with Crippen LogP contribution in [-0.4, -0.2) is 48.4 Å². The third-order valence-electron chi connectivity index (χ3n) is 6.13. The van der Waals surface area contributed by atoms with Crippen molar-refractivity contribution in [3.63, 3.8) is 0 Å². The SMILES string of the molecule is CCN1CCN(C(=O)[C@@H]2C[C@@]23CCCc2ccccc23)CC1. The number of carbonyl (C=O) groups excluding carboxylic acids is 1. The van der Waals surface area contributed by atoms with Crippen LogP contribution >= 0.6 is 0 Å². The van der Waals surface area contributed by atoms with Crippen molar-refractivity contribution in [2.24, 2.45) is 5.92 Å². The van der Waals surface area contributed by atoms with Crippen LogP contribution in [0.2, 0.25) is 0 Å². The molecule has 1 aromatic rings. The molecule has 2 fully saturated rings. The zero-order valence-corrected chi connectivity index (χ0v) is 13.6. The van der Waals surface area contributed by atoms with Gasteiger partial charge in [-0.3, -0.25) is 4.79 Å². The van der Waals surface area contributed by atoms with Crippen molar-refractivity contribution in [2.45, 2.75) is 38.0 Å². The summed E-state index contributed by atoms with van der Waals surface area (Å²) < 4.78 is 0. The summed E-state index contributed by atoms with van der Waals surface area (Å²) in [6, 6.07) is 8.82. The standard InChI is InChI=1S/C19H26N2O/c1-2-20-10-12-21(13-11-20)18(22)17-14-19(17)9-5-7-15-6-3-4-8-16(15)19/h3-4,6,8,17H,2,5,7,9-14H2,1H3/t17-,19+/m0/s1. The first-order chi connectivity index (χ1) is 10.7. The average molecular weight is 298 g/mol. The molecule has 2 atom stereocenters. The molecule has 0 aromatic heterocycles. The smallest absolute Gasteiger partial charge is 0.226 e. The van der Waals surface area contributed by atoms with Gasteiger partial charge in [0.1, 0.15) is 0 Å². The van der Waals surface area contributed by atoms with Crippen molar-refractivity contribution >= 4 is 5.91 Å². The van der Waals surface area contributed by atoms with Crippen LogP contribution in [0.25, 0.3) is 0 Å². The van der Waals surface area contributed by atoms with E-state index in [1.54, 1.807) is 0 Å². The first-order valence-electron chi connectivity index (χ1n) is 8.84. The summed E-state index contributed by atoms with van der Waals surface area (Å²) in [7, 11) is 0. The molecule has 1 saturated carbocycles. The Morgan fingerprint density at radius 3 is 2.77 bits per heavy atom. The monoisotopic (exact) mass is 298 g/mol. The van der Waals surface area contributed by atoms with E-state index in [2.05, 4.69) is 41.0 Å². The fraction of sp³-hybridized carbons (Fsp3) is 0.632. The van der Waals surface area contributed by atoms with Crippen LogP contribution in [0.5, 0.6) is 0 Å². The number of fused-ring (bicyclic) bond motifs is 2. The maximum atomic E-state index is 12.9. The predicted octanol–water partition coefficient (Wildman–Crippen LogP) is 2.44. The molecule has 3 heteroatoms. The number of aryl methyl sites for hydroxylation is 1. The van der Waals surface area contributed by atoms with E-state index in [-0.39, 0.29) is 11.3 Å². The highest BCUT2D eigenvalue weighted by atomic mass is 16.2. The van der Waals surface area contributed by atoms with Crippen molar-refractivity contribution in [2.75, 3.05) is 32.7 Å². The minimum Gasteiger partial charge on any atom is -0.340 e. The minimum atomic E-state index is 0.188. The number of hydrogen-bond donors (Lipinski definition) is 0. The Labute approximate surface area is 133 Å². The van der Waals surface area contributed by atoms with E-state index in [0.29, 0.717) is 5.91 Å². The second-order valence-corrected chi connectivity index (χ2v) is 7.18. The molecule has 1 saturated heterocycles. The van der Waals surface area contributed by atoms with Crippen LogP contribution in [0.1, 0.15) is 37.3 Å². The molecule has 22 heavy (non-hydrogen) atoms. The normalized spacial score (nSPS) is 31.1. The zero-order chi connectivity index (χ0) is 15.2. The summed E-state index contributed by atoms with van der Waals surface area (Å²) in [5, 5.41) is 0. The third-order valence-corrected chi connectivity index (χ3v) is 6.13. The van der Waals surface area contributed by atoms with E-state index in [1.165, 1.54) is 30.4 Å². The van der Waals surface area contributed by atoms with Gasteiger partial charge in [0.2, 0.25) is 5.91 Å². The van der Waals surface area contributed by atoms with Crippen molar-refractivity contribution in [3.8, 4) is 0 Å². The van der Waals surface area contributed by atoms with E-state index < -0.39 is 0 Å². The van der Waals surface area contributed by atoms with Gasteiger partial charge < -0.3 is 9.80 Å². The van der Waals surface area contributed by atoms with Gasteiger partial charge in [-0.05, 0) is 43.4 Å². The first-order valence-corrected chi connectivity index (χ1v) is 8.84. The number of carbonyl (C=O) groups is 1. The quantitative estimate of drug-likeness (QED) is 0.837. The Morgan fingerprint density at radius 2 is 2.00 bits per heavy atom. The van der Waals surface area contributed by atoms with Crippen LogP contribution in [0.3, 0.4) is 0 Å². The van der Waals surface area contributed by atoms with Gasteiger partial charge in [-0.15, -0.1) is 0 Å². The van der Waals surface area contributed by atoms with Gasteiger partial charge in [0.05, 0.1) is 0 Å². The Hall–Kier alpha value is -1.35. The van der Waals surface area contributed by atoms with Gasteiger partial charge in [0.15, 0.2) is 0 Å². The Bertz CT molecular complexity index is 577. The lowest BCUT2D eigenvalue weighted by Crippen LogP contribution is -2.49. The van der Waals surface area contributed by atoms with Gasteiger partial charge >= 0.3 is 0 Å². The van der Waals surface area contributed by atoms with Crippen LogP contribution in [0.15, 0.2) is 24.3 Å². The predicted molar refractivity (Wildman–Crippen MR) is 87.9 cm³/mol. The molecule has 118 valence electrons. The van der Waals surface area contributed by atoms with Crippen LogP contribution in [0.4, 0.5) is 0 Å². The number of likely N-dealkylation sites (N-methyl/N-ethyl adjacent to an activating group) is 1. The van der Waals surface area contributed by atoms with Gasteiger partial charge in [0, 0.05) is 37.5 Å². The lowest BCUT2D eigenvalue weighted by atomic mass is 9.78. The minimum absolute atomic E-state index is 0.188. The molecule has 0 N–H and O–H groups in total. The highest BCUT2D eigenvalue weighted by Crippen LogP contribution is 2.60. The number of piperazine rings is 1. The number of rotatable bonds is 2. The molecule has 0 radical (unpaired) electrons. The fourth-order valence-corrected chi connectivity index (χ4v) is 4.66. The van der Waals surface area contributed by atoms with Gasteiger partial charge in [-0.1, -0.05) is 31.2 Å². The molecule has 1 spiro atoms. The van der Waals surface area contributed by atoms with Crippen LogP contribution in [-0.2, 0) is 16.6 Å². The second-order valence-electron chi connectivity index (χ2n) is 7.18. The third kappa shape index (κ3) is 2.18. The summed E-state index contributed by atoms with van der Waals surface area (Å²) >= 11 is 0. The summed E-state index contributed by atoms with van der Waals surface area (Å²) in [6.07, 6.45) is 4.71. The maximum absolute atomic E-state index is 12.9. The van der Waals surface area contributed by atoms with E-state index in [0.717, 1.165) is 39.1 Å². The molecule has 1 heterocycles. The summed E-state index contributed by atoms with van der Waals surface area (Å²) in [6.45, 7) is 7.22. The van der Waals surface area contributed by atoms with Gasteiger partial charge in [0.25, 0.3) is 0 Å². The largest absolute Gasteiger partial charge is 0.340 e. The summed E-state index contributed by atoms with van der Waals surface area (Å²) in [4.78, 5) is 17.5. The molecule has 4 rings (SSSR count). The molecule has 1 amide bonds. The average Bonchev–Trinajstić information content (AvgIpc) is 3.29. The van der Waals surface area contributed by atoms with Crippen LogP contribution < -0.4 is 0 Å². The number of amides is 1. The van der Waals surface area contributed by atoms with Crippen molar-refractivity contribution in [1.29, 1.82) is 0 Å². The van der Waals surface area contributed by atoms with E-state index in [4.69, 9.17) is 0 Å². The summed E-state index contributed by atoms with van der Waals surface area (Å²) in [5.41, 5.74) is 3.15. The molecular formula is C19H26N2O. The number of nitrogens with zero attached hydrogens (tertiary/aromatic N) is 2. The number of benzene rings is 1. The zero-order valence-electron chi connectivity index (χ0n) is 13.6. The molecular weight excluding hydrogens is 272 g/mol. The Balaban J connectivity index is 1.49. The highest BCUT2D eigenvalue weighted by molar-refractivity contribution is 5.85. The molecule has 1 aliphatic heterocycles. The summed E-state index contributed by atoms with van der Waals surface area (Å²) in [5.74, 6) is 0.676. The molecule has 2 aliphatic carbocycles. The molecule has 0 unspecified atom stereocenters. The lowest BCUT2D eigenvalue weighted by Gasteiger charge is -2.35. The molecule has 3 aliphatic rings.